The Morgan fingerprint density at radius 1 is 1.13 bits per heavy atom. The predicted octanol–water partition coefficient (Wildman–Crippen LogP) is 4.86. The van der Waals surface area contributed by atoms with Gasteiger partial charge in [-0.3, -0.25) is 4.98 Å². The Kier molecular flexibility index (Phi) is 5.50. The number of pyridine rings is 1. The number of nitrogens with one attached hydrogen (secondary N) is 1. The molecule has 3 aromatic rings. The first-order valence-electron chi connectivity index (χ1n) is 11.0. The Hall–Kier alpha value is -2.70. The van der Waals surface area contributed by atoms with Crippen LogP contribution in [-0.2, 0) is 11.3 Å². The number of aromatic nitrogens is 2. The highest BCUT2D eigenvalue weighted by Crippen LogP contribution is 2.42. The highest BCUT2D eigenvalue weighted by Gasteiger charge is 2.42. The zero-order valence-corrected chi connectivity index (χ0v) is 18.8. The number of nitrogens with zero attached hydrogens (tertiary/aromatic N) is 3. The lowest BCUT2D eigenvalue weighted by Crippen LogP contribution is -2.31. The van der Waals surface area contributed by atoms with E-state index in [-0.39, 0.29) is 18.2 Å². The minimum absolute atomic E-state index is 0.000842. The van der Waals surface area contributed by atoms with Crippen molar-refractivity contribution in [1.82, 2.24) is 14.9 Å². The van der Waals surface area contributed by atoms with Crippen molar-refractivity contribution in [2.75, 3.05) is 11.5 Å². The van der Waals surface area contributed by atoms with E-state index in [1.807, 2.05) is 18.3 Å². The van der Waals surface area contributed by atoms with Crippen molar-refractivity contribution in [2.45, 2.75) is 51.4 Å². The molecule has 2 aliphatic heterocycles. The molecule has 5 nitrogen and oxygen atoms in total. The zero-order valence-electron chi connectivity index (χ0n) is 18.0. The van der Waals surface area contributed by atoms with Crippen molar-refractivity contribution in [2.24, 2.45) is 0 Å². The first-order valence-corrected chi connectivity index (χ1v) is 11.4. The molecule has 0 amide bonds. The van der Waals surface area contributed by atoms with Gasteiger partial charge in [-0.25, -0.2) is 0 Å². The molecule has 2 fully saturated rings. The van der Waals surface area contributed by atoms with Crippen LogP contribution in [0.4, 0.5) is 5.69 Å². The summed E-state index contributed by atoms with van der Waals surface area (Å²) < 4.78 is 8.26. The molecule has 1 aromatic carbocycles. The third kappa shape index (κ3) is 3.86. The van der Waals surface area contributed by atoms with Crippen LogP contribution in [0.5, 0.6) is 0 Å². The molecule has 0 aliphatic carbocycles. The van der Waals surface area contributed by atoms with E-state index >= 15 is 0 Å². The average molecular weight is 433 g/mol. The maximum Gasteiger partial charge on any atom is 0.174 e. The molecule has 0 spiro atoms. The molecule has 0 radical (unpaired) electrons. The minimum Gasteiger partial charge on any atom is -0.376 e. The molecule has 2 aromatic heterocycles. The van der Waals surface area contributed by atoms with Gasteiger partial charge in [0, 0.05) is 36.9 Å². The fourth-order valence-corrected chi connectivity index (χ4v) is 5.02. The monoisotopic (exact) mass is 432 g/mol. The lowest BCUT2D eigenvalue weighted by atomic mass is 10.00. The number of aryl methyl sites for hydroxylation is 2. The van der Waals surface area contributed by atoms with Gasteiger partial charge in [-0.1, -0.05) is 12.1 Å². The number of ether oxygens (including phenoxy) is 1. The fraction of sp³-hybridized carbons (Fsp3) is 0.360. The van der Waals surface area contributed by atoms with Gasteiger partial charge in [-0.15, -0.1) is 0 Å². The summed E-state index contributed by atoms with van der Waals surface area (Å²) in [6.07, 6.45) is 6.54. The van der Waals surface area contributed by atoms with Gasteiger partial charge >= 0.3 is 0 Å². The van der Waals surface area contributed by atoms with Crippen molar-refractivity contribution >= 4 is 23.0 Å². The maximum atomic E-state index is 5.93. The summed E-state index contributed by atoms with van der Waals surface area (Å²) >= 11 is 5.87. The second kappa shape index (κ2) is 8.44. The molecule has 31 heavy (non-hydrogen) atoms. The predicted molar refractivity (Wildman–Crippen MR) is 127 cm³/mol. The van der Waals surface area contributed by atoms with Gasteiger partial charge in [0.15, 0.2) is 5.11 Å². The van der Waals surface area contributed by atoms with E-state index < -0.39 is 0 Å². The van der Waals surface area contributed by atoms with E-state index in [2.05, 4.69) is 76.2 Å². The average Bonchev–Trinajstić information content (AvgIpc) is 3.52. The molecule has 0 unspecified atom stereocenters. The number of hydrogen-bond acceptors (Lipinski definition) is 3. The number of thiocarbonyl (C=S) groups is 1. The Bertz CT molecular complexity index is 1070. The molecule has 4 heterocycles. The third-order valence-corrected chi connectivity index (χ3v) is 6.77. The van der Waals surface area contributed by atoms with E-state index in [1.165, 1.54) is 16.8 Å². The first-order chi connectivity index (χ1) is 15.1. The molecular formula is C25H28N4OS. The zero-order chi connectivity index (χ0) is 21.4. The van der Waals surface area contributed by atoms with Crippen LogP contribution in [0.3, 0.4) is 0 Å². The molecule has 6 heteroatoms. The van der Waals surface area contributed by atoms with Gasteiger partial charge in [-0.05, 0) is 86.4 Å². The van der Waals surface area contributed by atoms with Gasteiger partial charge in [0.1, 0.15) is 6.04 Å². The quantitative estimate of drug-likeness (QED) is 0.584. The standard InChI is InChI=1S/C25H28N4OS/c1-17-10-11-19(15-18(17)2)29-24(23(27-25(29)31)21-8-3-4-12-26-21)22-9-5-13-28(22)16-20-7-6-14-30-20/h3-5,8-13,15,20,23-24H,6-7,14,16H2,1-2H3,(H,27,31)/t20-,23-,24+/m0/s1. The number of anilines is 1. The number of benzene rings is 1. The summed E-state index contributed by atoms with van der Waals surface area (Å²) in [6.45, 7) is 6.01. The first kappa shape index (κ1) is 20.2. The van der Waals surface area contributed by atoms with Gasteiger partial charge in [0.05, 0.1) is 17.8 Å². The molecule has 1 N–H and O–H groups in total. The Morgan fingerprint density at radius 3 is 2.77 bits per heavy atom. The summed E-state index contributed by atoms with van der Waals surface area (Å²) in [5.41, 5.74) is 5.85. The van der Waals surface area contributed by atoms with E-state index in [4.69, 9.17) is 17.0 Å². The summed E-state index contributed by atoms with van der Waals surface area (Å²) in [5, 5.41) is 4.29. The van der Waals surface area contributed by atoms with Gasteiger partial charge in [0.2, 0.25) is 0 Å². The van der Waals surface area contributed by atoms with Crippen LogP contribution in [0, 0.1) is 13.8 Å². The summed E-state index contributed by atoms with van der Waals surface area (Å²) in [5.74, 6) is 0. The van der Waals surface area contributed by atoms with E-state index in [9.17, 15) is 0 Å². The minimum atomic E-state index is -0.0338. The van der Waals surface area contributed by atoms with Crippen LogP contribution >= 0.6 is 12.2 Å². The van der Waals surface area contributed by atoms with Crippen molar-refractivity contribution < 1.29 is 4.74 Å². The Balaban J connectivity index is 1.58. The maximum absolute atomic E-state index is 5.93. The SMILES string of the molecule is Cc1ccc(N2C(=S)N[C@@H](c3ccccn3)[C@H]2c2cccn2C[C@@H]2CCCO2)cc1C. The molecular weight excluding hydrogens is 404 g/mol. The summed E-state index contributed by atoms with van der Waals surface area (Å²) in [6, 6.07) is 16.9. The molecule has 2 aliphatic rings. The fourth-order valence-electron chi connectivity index (χ4n) is 4.68. The second-order valence-electron chi connectivity index (χ2n) is 8.49. The van der Waals surface area contributed by atoms with Crippen LogP contribution in [0.25, 0.3) is 0 Å². The van der Waals surface area contributed by atoms with E-state index in [1.54, 1.807) is 0 Å². The molecule has 2 saturated heterocycles. The van der Waals surface area contributed by atoms with Gasteiger partial charge < -0.3 is 19.5 Å². The molecule has 160 valence electrons. The summed E-state index contributed by atoms with van der Waals surface area (Å²) in [4.78, 5) is 6.92. The van der Waals surface area contributed by atoms with Gasteiger partial charge in [-0.2, -0.15) is 0 Å². The third-order valence-electron chi connectivity index (χ3n) is 6.46. The molecule has 0 bridgehead atoms. The van der Waals surface area contributed by atoms with Crippen LogP contribution in [0.15, 0.2) is 60.9 Å². The van der Waals surface area contributed by atoms with Crippen molar-refractivity contribution in [3.63, 3.8) is 0 Å². The van der Waals surface area contributed by atoms with Crippen LogP contribution in [0.1, 0.15) is 47.4 Å². The normalized spacial score (nSPS) is 23.4. The van der Waals surface area contributed by atoms with Crippen LogP contribution in [-0.4, -0.2) is 27.4 Å². The van der Waals surface area contributed by atoms with Crippen molar-refractivity contribution in [1.29, 1.82) is 0 Å². The lowest BCUT2D eigenvalue weighted by Gasteiger charge is -2.30. The van der Waals surface area contributed by atoms with Crippen LogP contribution < -0.4 is 10.2 Å². The highest BCUT2D eigenvalue weighted by atomic mass is 32.1. The Labute approximate surface area is 189 Å². The van der Waals surface area contributed by atoms with Crippen LogP contribution in [0.2, 0.25) is 0 Å². The Morgan fingerprint density at radius 2 is 2.03 bits per heavy atom. The molecule has 0 saturated carbocycles. The lowest BCUT2D eigenvalue weighted by molar-refractivity contribution is 0.0961. The molecule has 3 atom stereocenters. The van der Waals surface area contributed by atoms with Crippen molar-refractivity contribution in [3.05, 3.63) is 83.4 Å². The number of hydrogen-bond donors (Lipinski definition) is 1. The largest absolute Gasteiger partial charge is 0.376 e. The smallest absolute Gasteiger partial charge is 0.174 e. The van der Waals surface area contributed by atoms with E-state index in [0.29, 0.717) is 0 Å². The second-order valence-corrected chi connectivity index (χ2v) is 8.87. The van der Waals surface area contributed by atoms with Crippen molar-refractivity contribution in [3.8, 4) is 0 Å². The van der Waals surface area contributed by atoms with E-state index in [0.717, 1.165) is 42.5 Å². The molecule has 5 rings (SSSR count). The van der Waals surface area contributed by atoms with Gasteiger partial charge in [0.25, 0.3) is 0 Å². The topological polar surface area (TPSA) is 42.3 Å². The summed E-state index contributed by atoms with van der Waals surface area (Å²) in [7, 11) is 0. The highest BCUT2D eigenvalue weighted by molar-refractivity contribution is 7.80. The number of rotatable bonds is 5.